The molecule has 0 spiro atoms. The Morgan fingerprint density at radius 2 is 1.43 bits per heavy atom. The van der Waals surface area contributed by atoms with Gasteiger partial charge in [-0.05, 0) is 67.1 Å². The Kier molecular flexibility index (Phi) is 7.87. The molecule has 0 saturated carbocycles. The van der Waals surface area contributed by atoms with Crippen molar-refractivity contribution in [3.05, 3.63) is 125 Å². The minimum Gasteiger partial charge on any atom is -0.462 e. The molecule has 0 aliphatic carbocycles. The quantitative estimate of drug-likeness (QED) is 0.190. The molecule has 0 saturated heterocycles. The van der Waals surface area contributed by atoms with Gasteiger partial charge in [-0.25, -0.2) is 14.5 Å². The van der Waals surface area contributed by atoms with Gasteiger partial charge in [-0.15, -0.1) is 0 Å². The van der Waals surface area contributed by atoms with E-state index in [2.05, 4.69) is 0 Å². The molecule has 0 unspecified atom stereocenters. The summed E-state index contributed by atoms with van der Waals surface area (Å²) in [6.45, 7) is 2.26. The third kappa shape index (κ3) is 5.86. The fourth-order valence-electron chi connectivity index (χ4n) is 3.95. The first-order valence-electron chi connectivity index (χ1n) is 12.7. The number of hydrogen-bond donors (Lipinski definition) is 0. The number of esters is 1. The third-order valence-corrected chi connectivity index (χ3v) is 5.89. The van der Waals surface area contributed by atoms with Gasteiger partial charge in [0.15, 0.2) is 0 Å². The maximum Gasteiger partial charge on any atom is 0.424 e. The molecule has 5 aromatic rings. The summed E-state index contributed by atoms with van der Waals surface area (Å²) in [4.78, 5) is 39.8. The number of rotatable bonds is 8. The topological polar surface area (TPSA) is 95.3 Å². The van der Waals surface area contributed by atoms with Crippen LogP contribution in [0.4, 0.5) is 16.2 Å². The SMILES string of the molecule is CCCOC(=O)c1ccc(Oc2coc3cc(OC(=O)N(c4ccccc4)c4ccccc4)ccc3c2=O)cc1. The van der Waals surface area contributed by atoms with Crippen LogP contribution in [0.5, 0.6) is 17.2 Å². The fourth-order valence-corrected chi connectivity index (χ4v) is 3.95. The Morgan fingerprint density at radius 3 is 2.05 bits per heavy atom. The largest absolute Gasteiger partial charge is 0.462 e. The molecule has 1 amide bonds. The second kappa shape index (κ2) is 12.0. The van der Waals surface area contributed by atoms with Crippen LogP contribution >= 0.6 is 0 Å². The molecule has 1 aromatic heterocycles. The van der Waals surface area contributed by atoms with Crippen LogP contribution in [0.15, 0.2) is 119 Å². The molecule has 5 rings (SSSR count). The molecule has 0 radical (unpaired) electrons. The average molecular weight is 536 g/mol. The number of fused-ring (bicyclic) bond motifs is 1. The van der Waals surface area contributed by atoms with Crippen molar-refractivity contribution in [2.75, 3.05) is 11.5 Å². The average Bonchev–Trinajstić information content (AvgIpc) is 2.99. The predicted octanol–water partition coefficient (Wildman–Crippen LogP) is 7.49. The van der Waals surface area contributed by atoms with E-state index < -0.39 is 17.5 Å². The Hall–Kier alpha value is -5.37. The Morgan fingerprint density at radius 1 is 0.800 bits per heavy atom. The normalized spacial score (nSPS) is 10.6. The van der Waals surface area contributed by atoms with Gasteiger partial charge in [0.1, 0.15) is 23.3 Å². The molecule has 8 heteroatoms. The molecule has 40 heavy (non-hydrogen) atoms. The smallest absolute Gasteiger partial charge is 0.424 e. The first-order chi connectivity index (χ1) is 19.5. The lowest BCUT2D eigenvalue weighted by Crippen LogP contribution is -2.29. The van der Waals surface area contributed by atoms with E-state index in [1.165, 1.54) is 29.4 Å². The second-order valence-electron chi connectivity index (χ2n) is 8.72. The minimum absolute atomic E-state index is 0.0297. The number of anilines is 2. The van der Waals surface area contributed by atoms with Crippen molar-refractivity contribution in [1.29, 1.82) is 0 Å². The predicted molar refractivity (Wildman–Crippen MR) is 151 cm³/mol. The highest BCUT2D eigenvalue weighted by atomic mass is 16.6. The lowest BCUT2D eigenvalue weighted by molar-refractivity contribution is 0.0505. The third-order valence-electron chi connectivity index (χ3n) is 5.89. The summed E-state index contributed by atoms with van der Waals surface area (Å²) in [6.07, 6.45) is 1.30. The standard InChI is InChI=1S/C32H25NO7/c1-2-19-37-31(35)22-13-15-25(16-14-22)39-29-21-38-28-20-26(17-18-27(28)30(29)34)40-32(36)33(23-9-5-3-6-10-23)24-11-7-4-8-12-24/h3-18,20-21H,2,19H2,1H3. The maximum absolute atomic E-state index is 13.3. The fraction of sp³-hybridized carbons (Fsp3) is 0.0938. The van der Waals surface area contributed by atoms with E-state index in [4.69, 9.17) is 18.6 Å². The summed E-state index contributed by atoms with van der Waals surface area (Å²) in [5.74, 6) is 0.103. The number of nitrogens with zero attached hydrogens (tertiary/aromatic N) is 1. The Balaban J connectivity index is 1.34. The highest BCUT2D eigenvalue weighted by Gasteiger charge is 2.21. The van der Waals surface area contributed by atoms with Crippen molar-refractivity contribution in [3.63, 3.8) is 0 Å². The molecular weight excluding hydrogens is 510 g/mol. The van der Waals surface area contributed by atoms with Crippen molar-refractivity contribution in [1.82, 2.24) is 0 Å². The molecule has 1 heterocycles. The second-order valence-corrected chi connectivity index (χ2v) is 8.72. The molecule has 0 aliphatic rings. The van der Waals surface area contributed by atoms with Crippen LogP contribution in [0.3, 0.4) is 0 Å². The van der Waals surface area contributed by atoms with Crippen LogP contribution in [0.25, 0.3) is 11.0 Å². The van der Waals surface area contributed by atoms with E-state index in [9.17, 15) is 14.4 Å². The highest BCUT2D eigenvalue weighted by Crippen LogP contribution is 2.28. The van der Waals surface area contributed by atoms with Crippen LogP contribution < -0.4 is 19.8 Å². The van der Waals surface area contributed by atoms with Crippen molar-refractivity contribution in [2.24, 2.45) is 0 Å². The Bertz CT molecular complexity index is 1640. The van der Waals surface area contributed by atoms with Crippen LogP contribution in [-0.4, -0.2) is 18.7 Å². The van der Waals surface area contributed by atoms with Gasteiger partial charge in [0.05, 0.1) is 28.9 Å². The molecule has 0 fully saturated rings. The zero-order chi connectivity index (χ0) is 27.9. The monoisotopic (exact) mass is 535 g/mol. The number of ether oxygens (including phenoxy) is 3. The van der Waals surface area contributed by atoms with E-state index >= 15 is 0 Å². The van der Waals surface area contributed by atoms with E-state index in [1.807, 2.05) is 43.3 Å². The minimum atomic E-state index is -0.624. The number of hydrogen-bond acceptors (Lipinski definition) is 7. The molecular formula is C32H25NO7. The van der Waals surface area contributed by atoms with Gasteiger partial charge in [0, 0.05) is 6.07 Å². The van der Waals surface area contributed by atoms with E-state index in [-0.39, 0.29) is 22.5 Å². The molecule has 200 valence electrons. The maximum atomic E-state index is 13.3. The summed E-state index contributed by atoms with van der Waals surface area (Å²) >= 11 is 0. The highest BCUT2D eigenvalue weighted by molar-refractivity contribution is 5.97. The summed E-state index contributed by atoms with van der Waals surface area (Å²) in [6, 6.07) is 29.0. The van der Waals surface area contributed by atoms with Crippen LogP contribution in [0.2, 0.25) is 0 Å². The summed E-state index contributed by atoms with van der Waals surface area (Å²) < 4.78 is 22.1. The van der Waals surface area contributed by atoms with Gasteiger partial charge < -0.3 is 18.6 Å². The van der Waals surface area contributed by atoms with E-state index in [1.54, 1.807) is 48.5 Å². The van der Waals surface area contributed by atoms with Gasteiger partial charge in [0.2, 0.25) is 11.2 Å². The van der Waals surface area contributed by atoms with Crippen LogP contribution in [0.1, 0.15) is 23.7 Å². The lowest BCUT2D eigenvalue weighted by Gasteiger charge is -2.22. The van der Waals surface area contributed by atoms with E-state index in [0.717, 1.165) is 6.42 Å². The molecule has 0 atom stereocenters. The summed E-state index contributed by atoms with van der Waals surface area (Å²) in [7, 11) is 0. The zero-order valence-corrected chi connectivity index (χ0v) is 21.6. The van der Waals surface area contributed by atoms with Gasteiger partial charge in [0.25, 0.3) is 0 Å². The molecule has 8 nitrogen and oxygen atoms in total. The van der Waals surface area contributed by atoms with Crippen molar-refractivity contribution >= 4 is 34.4 Å². The summed E-state index contributed by atoms with van der Waals surface area (Å²) in [5, 5.41) is 0.250. The number of carbonyl (C=O) groups excluding carboxylic acids is 2. The van der Waals surface area contributed by atoms with Gasteiger partial charge in [-0.3, -0.25) is 4.79 Å². The first-order valence-corrected chi connectivity index (χ1v) is 12.7. The Labute approximate surface area is 229 Å². The molecule has 0 N–H and O–H groups in total. The van der Waals surface area contributed by atoms with E-state index in [0.29, 0.717) is 29.3 Å². The first kappa shape index (κ1) is 26.2. The summed E-state index contributed by atoms with van der Waals surface area (Å²) in [5.41, 5.74) is 1.48. The van der Waals surface area contributed by atoms with Gasteiger partial charge in [-0.1, -0.05) is 43.3 Å². The van der Waals surface area contributed by atoms with Gasteiger partial charge in [-0.2, -0.15) is 0 Å². The number of carbonyl (C=O) groups is 2. The van der Waals surface area contributed by atoms with Crippen LogP contribution in [-0.2, 0) is 4.74 Å². The molecule has 4 aromatic carbocycles. The van der Waals surface area contributed by atoms with Crippen molar-refractivity contribution in [3.8, 4) is 17.2 Å². The number of para-hydroxylation sites is 2. The molecule has 0 aliphatic heterocycles. The van der Waals surface area contributed by atoms with Crippen LogP contribution in [0, 0.1) is 0 Å². The van der Waals surface area contributed by atoms with Crippen molar-refractivity contribution < 1.29 is 28.2 Å². The van der Waals surface area contributed by atoms with Gasteiger partial charge >= 0.3 is 12.1 Å². The zero-order valence-electron chi connectivity index (χ0n) is 21.6. The lowest BCUT2D eigenvalue weighted by atomic mass is 10.2. The number of benzene rings is 4. The van der Waals surface area contributed by atoms with Crippen molar-refractivity contribution in [2.45, 2.75) is 13.3 Å². The molecule has 0 bridgehead atoms. The number of amides is 1.